The van der Waals surface area contributed by atoms with E-state index in [1.54, 1.807) is 0 Å². The summed E-state index contributed by atoms with van der Waals surface area (Å²) in [6.45, 7) is 6.07. The molecule has 0 bridgehead atoms. The van der Waals surface area contributed by atoms with Crippen molar-refractivity contribution in [3.05, 3.63) is 48.3 Å². The first-order valence-corrected chi connectivity index (χ1v) is 7.12. The summed E-state index contributed by atoms with van der Waals surface area (Å²) in [4.78, 5) is 2.30. The van der Waals surface area contributed by atoms with Gasteiger partial charge in [-0.1, -0.05) is 32.0 Å². The van der Waals surface area contributed by atoms with Crippen molar-refractivity contribution >= 4 is 0 Å². The Morgan fingerprint density at radius 3 is 2.55 bits per heavy atom. The highest BCUT2D eigenvalue weighted by atomic mass is 15.3. The standard InChI is InChI=1S/C16H24N4/c1-13(2)11-19(3)16(9-17)14-10-18-20(12-14)15-7-5-4-6-8-15/h4-8,10,12-13,16H,9,11,17H2,1-3H3. The number of hydrogen-bond acceptors (Lipinski definition) is 3. The first kappa shape index (κ1) is 14.8. The SMILES string of the molecule is CC(C)CN(C)C(CN)c1cnn(-c2ccccc2)c1. The van der Waals surface area contributed by atoms with Crippen LogP contribution < -0.4 is 5.73 Å². The van der Waals surface area contributed by atoms with Gasteiger partial charge in [0.2, 0.25) is 0 Å². The molecule has 0 amide bonds. The summed E-state index contributed by atoms with van der Waals surface area (Å²) in [5, 5.41) is 4.45. The number of para-hydroxylation sites is 1. The Morgan fingerprint density at radius 2 is 1.95 bits per heavy atom. The van der Waals surface area contributed by atoms with Gasteiger partial charge in [0.25, 0.3) is 0 Å². The van der Waals surface area contributed by atoms with Crippen LogP contribution in [0.2, 0.25) is 0 Å². The minimum atomic E-state index is 0.217. The Labute approximate surface area is 121 Å². The number of hydrogen-bond donors (Lipinski definition) is 1. The zero-order valence-electron chi connectivity index (χ0n) is 12.5. The van der Waals surface area contributed by atoms with Crippen LogP contribution in [-0.4, -0.2) is 34.8 Å². The molecule has 0 aliphatic rings. The molecule has 108 valence electrons. The minimum Gasteiger partial charge on any atom is -0.329 e. The third-order valence-corrected chi connectivity index (χ3v) is 3.42. The first-order valence-electron chi connectivity index (χ1n) is 7.12. The second-order valence-electron chi connectivity index (χ2n) is 5.64. The lowest BCUT2D eigenvalue weighted by atomic mass is 10.1. The maximum atomic E-state index is 5.95. The van der Waals surface area contributed by atoms with Gasteiger partial charge in [-0.15, -0.1) is 0 Å². The summed E-state index contributed by atoms with van der Waals surface area (Å²) in [5.74, 6) is 0.623. The van der Waals surface area contributed by atoms with E-state index >= 15 is 0 Å². The van der Waals surface area contributed by atoms with Gasteiger partial charge in [-0.05, 0) is 25.1 Å². The molecule has 0 aliphatic heterocycles. The van der Waals surface area contributed by atoms with E-state index < -0.39 is 0 Å². The van der Waals surface area contributed by atoms with Gasteiger partial charge in [0.05, 0.1) is 11.9 Å². The molecule has 4 nitrogen and oxygen atoms in total. The Kier molecular flexibility index (Phi) is 4.93. The Balaban J connectivity index is 2.18. The van der Waals surface area contributed by atoms with Crippen molar-refractivity contribution in [3.63, 3.8) is 0 Å². The molecule has 0 radical (unpaired) electrons. The maximum Gasteiger partial charge on any atom is 0.0645 e. The van der Waals surface area contributed by atoms with Crippen molar-refractivity contribution in [1.82, 2.24) is 14.7 Å². The van der Waals surface area contributed by atoms with Gasteiger partial charge in [0, 0.05) is 30.9 Å². The van der Waals surface area contributed by atoms with Crippen LogP contribution in [0.4, 0.5) is 0 Å². The Bertz CT molecular complexity index is 518. The van der Waals surface area contributed by atoms with Crippen LogP contribution in [0.25, 0.3) is 5.69 Å². The van der Waals surface area contributed by atoms with E-state index in [-0.39, 0.29) is 6.04 Å². The van der Waals surface area contributed by atoms with Crippen LogP contribution in [0.15, 0.2) is 42.7 Å². The second-order valence-corrected chi connectivity index (χ2v) is 5.64. The molecule has 0 fully saturated rings. The van der Waals surface area contributed by atoms with Crippen molar-refractivity contribution < 1.29 is 0 Å². The summed E-state index contributed by atoms with van der Waals surface area (Å²) in [5.41, 5.74) is 8.19. The van der Waals surface area contributed by atoms with E-state index in [0.717, 1.165) is 12.2 Å². The highest BCUT2D eigenvalue weighted by molar-refractivity contribution is 5.31. The van der Waals surface area contributed by atoms with E-state index in [9.17, 15) is 0 Å². The summed E-state index contributed by atoms with van der Waals surface area (Å²) in [6.07, 6.45) is 3.99. The molecule has 0 saturated heterocycles. The van der Waals surface area contributed by atoms with Gasteiger partial charge < -0.3 is 5.73 Å². The third kappa shape index (κ3) is 3.46. The van der Waals surface area contributed by atoms with Crippen LogP contribution in [-0.2, 0) is 0 Å². The van der Waals surface area contributed by atoms with E-state index in [2.05, 4.69) is 37.1 Å². The van der Waals surface area contributed by atoms with E-state index in [0.29, 0.717) is 12.5 Å². The molecule has 0 spiro atoms. The maximum absolute atomic E-state index is 5.95. The molecule has 0 aliphatic carbocycles. The van der Waals surface area contributed by atoms with Gasteiger partial charge in [0.15, 0.2) is 0 Å². The Morgan fingerprint density at radius 1 is 1.25 bits per heavy atom. The molecule has 1 unspecified atom stereocenters. The highest BCUT2D eigenvalue weighted by Gasteiger charge is 2.18. The lowest BCUT2D eigenvalue weighted by Gasteiger charge is -2.27. The quantitative estimate of drug-likeness (QED) is 0.878. The summed E-state index contributed by atoms with van der Waals surface area (Å²) < 4.78 is 1.90. The van der Waals surface area contributed by atoms with Crippen LogP contribution in [0, 0.1) is 5.92 Å². The van der Waals surface area contributed by atoms with Gasteiger partial charge in [0.1, 0.15) is 0 Å². The average Bonchev–Trinajstić information content (AvgIpc) is 2.89. The van der Waals surface area contributed by atoms with Crippen molar-refractivity contribution in [2.75, 3.05) is 20.1 Å². The zero-order valence-corrected chi connectivity index (χ0v) is 12.5. The highest BCUT2D eigenvalue weighted by Crippen LogP contribution is 2.20. The smallest absolute Gasteiger partial charge is 0.0645 e. The molecule has 2 rings (SSSR count). The fourth-order valence-corrected chi connectivity index (χ4v) is 2.50. The van der Waals surface area contributed by atoms with Crippen molar-refractivity contribution in [2.24, 2.45) is 11.7 Å². The fourth-order valence-electron chi connectivity index (χ4n) is 2.50. The largest absolute Gasteiger partial charge is 0.329 e. The number of rotatable bonds is 6. The summed E-state index contributed by atoms with van der Waals surface area (Å²) in [6, 6.07) is 10.4. The first-order chi connectivity index (χ1) is 9.61. The van der Waals surface area contributed by atoms with Crippen molar-refractivity contribution in [2.45, 2.75) is 19.9 Å². The third-order valence-electron chi connectivity index (χ3n) is 3.42. The van der Waals surface area contributed by atoms with E-state index in [4.69, 9.17) is 5.73 Å². The van der Waals surface area contributed by atoms with E-state index in [1.165, 1.54) is 5.56 Å². The number of nitrogens with zero attached hydrogens (tertiary/aromatic N) is 3. The monoisotopic (exact) mass is 272 g/mol. The van der Waals surface area contributed by atoms with Gasteiger partial charge in [-0.3, -0.25) is 4.90 Å². The predicted molar refractivity (Wildman–Crippen MR) is 82.8 cm³/mol. The van der Waals surface area contributed by atoms with Gasteiger partial charge in [-0.25, -0.2) is 4.68 Å². The van der Waals surface area contributed by atoms with Crippen LogP contribution in [0.1, 0.15) is 25.5 Å². The van der Waals surface area contributed by atoms with Crippen LogP contribution in [0.5, 0.6) is 0 Å². The molecular weight excluding hydrogens is 248 g/mol. The van der Waals surface area contributed by atoms with Crippen LogP contribution >= 0.6 is 0 Å². The molecule has 2 aromatic rings. The summed E-state index contributed by atoms with van der Waals surface area (Å²) in [7, 11) is 2.12. The molecule has 4 heteroatoms. The number of likely N-dealkylation sites (N-methyl/N-ethyl adjacent to an activating group) is 1. The zero-order chi connectivity index (χ0) is 14.5. The molecule has 2 N–H and O–H groups in total. The average molecular weight is 272 g/mol. The van der Waals surface area contributed by atoms with Gasteiger partial charge in [-0.2, -0.15) is 5.10 Å². The predicted octanol–water partition coefficient (Wildman–Crippen LogP) is 2.46. The molecule has 1 aromatic carbocycles. The van der Waals surface area contributed by atoms with E-state index in [1.807, 2.05) is 41.2 Å². The topological polar surface area (TPSA) is 47.1 Å². The van der Waals surface area contributed by atoms with Crippen molar-refractivity contribution in [1.29, 1.82) is 0 Å². The molecule has 1 aromatic heterocycles. The summed E-state index contributed by atoms with van der Waals surface area (Å²) >= 11 is 0. The fraction of sp³-hybridized carbons (Fsp3) is 0.438. The number of benzene rings is 1. The van der Waals surface area contributed by atoms with Crippen molar-refractivity contribution in [3.8, 4) is 5.69 Å². The molecule has 20 heavy (non-hydrogen) atoms. The minimum absolute atomic E-state index is 0.217. The number of aromatic nitrogens is 2. The number of nitrogens with two attached hydrogens (primary N) is 1. The van der Waals surface area contributed by atoms with Crippen LogP contribution in [0.3, 0.4) is 0 Å². The molecule has 0 saturated carbocycles. The second kappa shape index (κ2) is 6.68. The molecule has 1 heterocycles. The van der Waals surface area contributed by atoms with Gasteiger partial charge >= 0.3 is 0 Å². The normalized spacial score (nSPS) is 13.1. The lowest BCUT2D eigenvalue weighted by Crippen LogP contribution is -2.33. The molecule has 1 atom stereocenters. The Hall–Kier alpha value is -1.65. The molecular formula is C16H24N4. The lowest BCUT2D eigenvalue weighted by molar-refractivity contribution is 0.223.